The fourth-order valence-corrected chi connectivity index (χ4v) is 0.257. The van der Waals surface area contributed by atoms with Gasteiger partial charge in [-0.15, -0.1) is 0 Å². The average molecular weight is 113 g/mol. The molecule has 0 saturated heterocycles. The Morgan fingerprint density at radius 3 is 2.88 bits per heavy atom. The van der Waals surface area contributed by atoms with Gasteiger partial charge < -0.3 is 10.1 Å². The summed E-state index contributed by atoms with van der Waals surface area (Å²) in [6, 6.07) is 0. The summed E-state index contributed by atoms with van der Waals surface area (Å²) in [6.07, 6.45) is 2.08. The van der Waals surface area contributed by atoms with E-state index >= 15 is 0 Å². The minimum absolute atomic E-state index is 0.454. The van der Waals surface area contributed by atoms with Crippen LogP contribution in [0.3, 0.4) is 0 Å². The highest BCUT2D eigenvalue weighted by atomic mass is 16.6. The van der Waals surface area contributed by atoms with E-state index in [-0.39, 0.29) is 0 Å². The van der Waals surface area contributed by atoms with Crippen LogP contribution in [0, 0.1) is 16.4 Å². The molecule has 0 unspecified atom stereocenters. The monoisotopic (exact) mass is 113 g/mol. The minimum atomic E-state index is -0.701. The molecule has 1 rings (SSSR count). The van der Waals surface area contributed by atoms with Crippen molar-refractivity contribution < 1.29 is 4.92 Å². The Bertz CT molecular complexity index is 180. The predicted octanol–water partition coefficient (Wildman–Crippen LogP) is -0.487. The molecule has 1 radical (unpaired) electrons. The van der Waals surface area contributed by atoms with Crippen molar-refractivity contribution in [3.05, 3.63) is 16.4 Å². The van der Waals surface area contributed by atoms with E-state index in [1.165, 1.54) is 0 Å². The van der Waals surface area contributed by atoms with Gasteiger partial charge >= 0.3 is 12.3 Å². The molecule has 1 aromatic heterocycles. The SMILES string of the molecule is O=[N+]([O-])c1n[c][nH]n1. The van der Waals surface area contributed by atoms with E-state index in [2.05, 4.69) is 21.5 Å². The van der Waals surface area contributed by atoms with E-state index in [0.29, 0.717) is 0 Å². The Morgan fingerprint density at radius 2 is 2.62 bits per heavy atom. The molecule has 0 amide bonds. The lowest BCUT2D eigenvalue weighted by Gasteiger charge is -1.80. The summed E-state index contributed by atoms with van der Waals surface area (Å²) >= 11 is 0. The van der Waals surface area contributed by atoms with Crippen LogP contribution in [0.5, 0.6) is 0 Å². The summed E-state index contributed by atoms with van der Waals surface area (Å²) < 4.78 is 0. The summed E-state index contributed by atoms with van der Waals surface area (Å²) in [4.78, 5) is 12.1. The van der Waals surface area contributed by atoms with Gasteiger partial charge in [-0.3, -0.25) is 0 Å². The van der Waals surface area contributed by atoms with Gasteiger partial charge in [-0.1, -0.05) is 0 Å². The highest BCUT2D eigenvalue weighted by Crippen LogP contribution is 1.93. The molecular weight excluding hydrogens is 112 g/mol. The van der Waals surface area contributed by atoms with Gasteiger partial charge in [0.2, 0.25) is 0 Å². The zero-order chi connectivity index (χ0) is 5.98. The van der Waals surface area contributed by atoms with Gasteiger partial charge in [-0.25, -0.2) is 0 Å². The van der Waals surface area contributed by atoms with Crippen LogP contribution in [0.1, 0.15) is 0 Å². The van der Waals surface area contributed by atoms with Crippen molar-refractivity contribution >= 4 is 5.95 Å². The lowest BCUT2D eigenvalue weighted by Crippen LogP contribution is -1.88. The van der Waals surface area contributed by atoms with Crippen LogP contribution in [0.4, 0.5) is 5.95 Å². The van der Waals surface area contributed by atoms with Gasteiger partial charge in [-0.05, 0) is 9.91 Å². The van der Waals surface area contributed by atoms with Crippen LogP contribution in [-0.4, -0.2) is 20.1 Å². The molecule has 0 aliphatic heterocycles. The number of hydrogen-bond donors (Lipinski definition) is 1. The van der Waals surface area contributed by atoms with Gasteiger partial charge in [-0.2, -0.15) is 5.10 Å². The first-order chi connectivity index (χ1) is 3.80. The van der Waals surface area contributed by atoms with Gasteiger partial charge in [0.25, 0.3) is 0 Å². The first kappa shape index (κ1) is 4.69. The minimum Gasteiger partial charge on any atom is -0.390 e. The van der Waals surface area contributed by atoms with E-state index < -0.39 is 10.9 Å². The number of H-pyrrole nitrogens is 1. The first-order valence-electron chi connectivity index (χ1n) is 1.73. The van der Waals surface area contributed by atoms with Crippen molar-refractivity contribution in [2.75, 3.05) is 0 Å². The van der Waals surface area contributed by atoms with E-state index in [4.69, 9.17) is 0 Å². The predicted molar refractivity (Wildman–Crippen MR) is 21.9 cm³/mol. The number of rotatable bonds is 1. The van der Waals surface area contributed by atoms with Crippen LogP contribution in [0.15, 0.2) is 0 Å². The summed E-state index contributed by atoms with van der Waals surface area (Å²) in [5.41, 5.74) is 0. The second-order valence-electron chi connectivity index (χ2n) is 1.00. The number of aromatic amines is 1. The zero-order valence-corrected chi connectivity index (χ0v) is 3.66. The third-order valence-electron chi connectivity index (χ3n) is 0.525. The molecule has 6 nitrogen and oxygen atoms in total. The molecule has 0 aliphatic carbocycles. The lowest BCUT2D eigenvalue weighted by molar-refractivity contribution is -0.394. The van der Waals surface area contributed by atoms with Gasteiger partial charge in [0.05, 0.1) is 0 Å². The molecule has 6 heteroatoms. The Balaban J connectivity index is 2.93. The lowest BCUT2D eigenvalue weighted by atomic mass is 11.1. The molecule has 41 valence electrons. The van der Waals surface area contributed by atoms with Crippen molar-refractivity contribution in [1.82, 2.24) is 15.2 Å². The number of nitrogens with one attached hydrogen (secondary N) is 1. The van der Waals surface area contributed by atoms with Crippen molar-refractivity contribution in [3.8, 4) is 0 Å². The van der Waals surface area contributed by atoms with E-state index in [9.17, 15) is 10.1 Å². The summed E-state index contributed by atoms with van der Waals surface area (Å²) in [5.74, 6) is -0.454. The number of nitrogens with zero attached hydrogens (tertiary/aromatic N) is 3. The maximum atomic E-state index is 9.70. The topological polar surface area (TPSA) is 84.7 Å². The largest absolute Gasteiger partial charge is 0.491 e. The Labute approximate surface area is 43.7 Å². The Kier molecular flexibility index (Phi) is 0.918. The second kappa shape index (κ2) is 1.57. The highest BCUT2D eigenvalue weighted by molar-refractivity contribution is 4.94. The Hall–Kier alpha value is -1.46. The molecular formula is C2HN4O2. The normalized spacial score (nSPS) is 9.00. The summed E-state index contributed by atoms with van der Waals surface area (Å²) in [6.45, 7) is 0. The molecule has 0 atom stereocenters. The quantitative estimate of drug-likeness (QED) is 0.393. The van der Waals surface area contributed by atoms with Crippen molar-refractivity contribution in [1.29, 1.82) is 0 Å². The maximum absolute atomic E-state index is 9.70. The van der Waals surface area contributed by atoms with Crippen LogP contribution >= 0.6 is 0 Å². The van der Waals surface area contributed by atoms with E-state index in [1.54, 1.807) is 0 Å². The highest BCUT2D eigenvalue weighted by Gasteiger charge is 2.06. The van der Waals surface area contributed by atoms with Crippen molar-refractivity contribution in [2.45, 2.75) is 0 Å². The van der Waals surface area contributed by atoms with Crippen molar-refractivity contribution in [2.24, 2.45) is 0 Å². The molecule has 8 heavy (non-hydrogen) atoms. The number of nitro groups is 1. The molecule has 0 saturated carbocycles. The van der Waals surface area contributed by atoms with E-state index in [1.807, 2.05) is 0 Å². The van der Waals surface area contributed by atoms with E-state index in [0.717, 1.165) is 0 Å². The zero-order valence-electron chi connectivity index (χ0n) is 3.66. The first-order valence-corrected chi connectivity index (χ1v) is 1.73. The van der Waals surface area contributed by atoms with Crippen LogP contribution in [-0.2, 0) is 0 Å². The number of hydrogen-bond acceptors (Lipinski definition) is 4. The third-order valence-corrected chi connectivity index (χ3v) is 0.525. The summed E-state index contributed by atoms with van der Waals surface area (Å²) in [7, 11) is 0. The fourth-order valence-electron chi connectivity index (χ4n) is 0.257. The van der Waals surface area contributed by atoms with Gasteiger partial charge in [0.1, 0.15) is 0 Å². The maximum Gasteiger partial charge on any atom is 0.491 e. The molecule has 0 bridgehead atoms. The van der Waals surface area contributed by atoms with Crippen LogP contribution < -0.4 is 0 Å². The molecule has 0 fully saturated rings. The smallest absolute Gasteiger partial charge is 0.390 e. The molecule has 0 aliphatic rings. The number of aromatic nitrogens is 3. The van der Waals surface area contributed by atoms with Crippen LogP contribution in [0.2, 0.25) is 0 Å². The van der Waals surface area contributed by atoms with Gasteiger partial charge in [0.15, 0.2) is 0 Å². The van der Waals surface area contributed by atoms with Gasteiger partial charge in [0, 0.05) is 5.10 Å². The Morgan fingerprint density at radius 1 is 1.88 bits per heavy atom. The fraction of sp³-hybridized carbons (Fsp3) is 0. The average Bonchev–Trinajstić information content (AvgIpc) is 2.12. The molecule has 1 N–H and O–H groups in total. The molecule has 0 spiro atoms. The van der Waals surface area contributed by atoms with Crippen LogP contribution in [0.25, 0.3) is 0 Å². The summed E-state index contributed by atoms with van der Waals surface area (Å²) in [5, 5.41) is 14.9. The second-order valence-corrected chi connectivity index (χ2v) is 1.00. The molecule has 1 aromatic rings. The van der Waals surface area contributed by atoms with Crippen molar-refractivity contribution in [3.63, 3.8) is 0 Å². The third kappa shape index (κ3) is 0.625. The molecule has 1 heterocycles. The molecule has 0 aromatic carbocycles. The standard InChI is InChI=1S/C2HN4O2/c7-6(8)2-3-1-4-5-2/h(H,3,4,5).